The van der Waals surface area contributed by atoms with Gasteiger partial charge in [0.05, 0.1) is 30.5 Å². The molecule has 1 saturated carbocycles. The number of nitrogens with zero attached hydrogens (tertiary/aromatic N) is 6. The maximum Gasteiger partial charge on any atom is 0.254 e. The van der Waals surface area contributed by atoms with Crippen LogP contribution >= 0.6 is 23.2 Å². The molecule has 0 aliphatic heterocycles. The number of hydrogen-bond acceptors (Lipinski definition) is 14. The molecule has 4 heterocycles. The fourth-order valence-corrected chi connectivity index (χ4v) is 8.87. The van der Waals surface area contributed by atoms with E-state index < -0.39 is 20.0 Å². The molecule has 20 heteroatoms. The van der Waals surface area contributed by atoms with Crippen molar-refractivity contribution in [3.8, 4) is 34.0 Å². The van der Waals surface area contributed by atoms with Crippen LogP contribution in [0.25, 0.3) is 44.1 Å². The number of halogens is 2. The van der Waals surface area contributed by atoms with Crippen LogP contribution in [0.1, 0.15) is 12.8 Å². The summed E-state index contributed by atoms with van der Waals surface area (Å²) in [6.07, 6.45) is 7.54. The maximum absolute atomic E-state index is 12.5. The molecule has 4 aromatic heterocycles. The van der Waals surface area contributed by atoms with Gasteiger partial charge in [0.15, 0.2) is 0 Å². The SMILES string of the molecule is C=CS(=O)(=O)Nc1cc(-c2ccc3ncnc(Nc4cccc(Cl)c4)c3c2)cnc1OC.COc1ncc(-c2ccc3ncnc(Nc4cccc(Cl)c4)c3c2)cc1NS(=O)(=O)C1CC1. The summed E-state index contributed by atoms with van der Waals surface area (Å²) < 4.78 is 64.3. The largest absolute Gasteiger partial charge is 0.480 e. The molecule has 0 bridgehead atoms. The van der Waals surface area contributed by atoms with Crippen LogP contribution < -0.4 is 29.6 Å². The normalized spacial score (nSPS) is 12.4. The van der Waals surface area contributed by atoms with Gasteiger partial charge in [-0.1, -0.05) is 54.0 Å². The second-order valence-corrected chi connectivity index (χ2v) is 18.9. The van der Waals surface area contributed by atoms with E-state index in [-0.39, 0.29) is 22.7 Å². The Morgan fingerprint density at radius 2 is 1.08 bits per heavy atom. The predicted molar refractivity (Wildman–Crippen MR) is 256 cm³/mol. The van der Waals surface area contributed by atoms with Crippen LogP contribution in [0.15, 0.2) is 134 Å². The van der Waals surface area contributed by atoms with Gasteiger partial charge < -0.3 is 20.1 Å². The van der Waals surface area contributed by atoms with Crippen molar-refractivity contribution in [3.63, 3.8) is 0 Å². The van der Waals surface area contributed by atoms with Gasteiger partial charge in [0.2, 0.25) is 21.8 Å². The topological polar surface area (TPSA) is 212 Å². The molecule has 65 heavy (non-hydrogen) atoms. The number of fused-ring (bicyclic) bond motifs is 2. The molecule has 0 saturated heterocycles. The minimum atomic E-state index is -3.73. The Labute approximate surface area is 384 Å². The zero-order chi connectivity index (χ0) is 45.7. The van der Waals surface area contributed by atoms with Crippen LogP contribution in [0.5, 0.6) is 11.8 Å². The minimum absolute atomic E-state index is 0.145. The summed E-state index contributed by atoms with van der Waals surface area (Å²) in [5.74, 6) is 1.59. The summed E-state index contributed by atoms with van der Waals surface area (Å²) in [5.41, 5.74) is 6.61. The van der Waals surface area contributed by atoms with Crippen molar-refractivity contribution in [2.75, 3.05) is 34.3 Å². The molecule has 0 atom stereocenters. The maximum atomic E-state index is 12.5. The van der Waals surface area contributed by atoms with E-state index in [2.05, 4.69) is 56.6 Å². The van der Waals surface area contributed by atoms with Gasteiger partial charge in [-0.05, 0) is 96.8 Å². The monoisotopic (exact) mass is 948 g/mol. The van der Waals surface area contributed by atoms with Crippen LogP contribution in [0.2, 0.25) is 10.0 Å². The van der Waals surface area contributed by atoms with Crippen molar-refractivity contribution < 1.29 is 26.3 Å². The minimum Gasteiger partial charge on any atom is -0.480 e. The van der Waals surface area contributed by atoms with Gasteiger partial charge in [-0.25, -0.2) is 46.7 Å². The summed E-state index contributed by atoms with van der Waals surface area (Å²) in [6, 6.07) is 29.4. The van der Waals surface area contributed by atoms with Crippen LogP contribution in [-0.2, 0) is 20.0 Å². The molecule has 0 amide bonds. The fourth-order valence-electron chi connectivity index (χ4n) is 6.58. The third-order valence-electron chi connectivity index (χ3n) is 9.89. The van der Waals surface area contributed by atoms with E-state index in [4.69, 9.17) is 32.7 Å². The summed E-state index contributed by atoms with van der Waals surface area (Å²) in [7, 11) is -4.32. The molecule has 16 nitrogen and oxygen atoms in total. The highest BCUT2D eigenvalue weighted by atomic mass is 35.5. The predicted octanol–water partition coefficient (Wildman–Crippen LogP) is 9.98. The van der Waals surface area contributed by atoms with E-state index in [0.717, 1.165) is 55.3 Å². The molecular weight excluding hydrogens is 912 g/mol. The van der Waals surface area contributed by atoms with Crippen molar-refractivity contribution in [1.82, 2.24) is 29.9 Å². The van der Waals surface area contributed by atoms with Crippen molar-refractivity contribution in [2.45, 2.75) is 18.1 Å². The molecule has 9 rings (SSSR count). The van der Waals surface area contributed by atoms with Crippen LogP contribution in [-0.4, -0.2) is 66.2 Å². The number of nitrogens with one attached hydrogen (secondary N) is 4. The molecule has 0 unspecified atom stereocenters. The van der Waals surface area contributed by atoms with E-state index in [1.54, 1.807) is 42.7 Å². The van der Waals surface area contributed by atoms with E-state index >= 15 is 0 Å². The molecule has 1 fully saturated rings. The number of benzene rings is 4. The summed E-state index contributed by atoms with van der Waals surface area (Å²) in [5, 5.41) is 9.80. The van der Waals surface area contributed by atoms with E-state index in [1.165, 1.54) is 26.9 Å². The first-order chi connectivity index (χ1) is 31.3. The molecule has 0 spiro atoms. The number of methoxy groups -OCH3 is 2. The first kappa shape index (κ1) is 44.5. The number of hydrogen-bond donors (Lipinski definition) is 4. The number of aromatic nitrogens is 6. The summed E-state index contributed by atoms with van der Waals surface area (Å²) in [4.78, 5) is 26.0. The average molecular weight is 950 g/mol. The lowest BCUT2D eigenvalue weighted by molar-refractivity contribution is 0.400. The Bertz CT molecular complexity index is 3320. The third kappa shape index (κ3) is 10.6. The van der Waals surface area contributed by atoms with E-state index in [9.17, 15) is 16.8 Å². The first-order valence-corrected chi connectivity index (χ1v) is 23.5. The standard InChI is InChI=1S/C23H20ClN5O3S.C22H18ClN5O3S/c1-32-23-21(29-33(30,31)18-6-7-18)10-15(12-25-23)14-5-8-20-19(9-14)22(27-13-26-20)28-17-4-2-3-16(24)11-17;1-3-32(29,30)28-20-10-15(12-24-22(20)31-2)14-7-8-19-18(9-14)21(26-13-25-19)27-17-6-4-5-16(23)11-17/h2-5,8-13,18,29H,6-7H2,1H3,(H,26,27,28);3-13,28H,1H2,2H3,(H,25,26,27). The molecule has 1 aliphatic carbocycles. The smallest absolute Gasteiger partial charge is 0.254 e. The first-order valence-electron chi connectivity index (χ1n) is 19.6. The number of ether oxygens (including phenoxy) is 2. The molecule has 4 aromatic carbocycles. The zero-order valence-electron chi connectivity index (χ0n) is 34.5. The van der Waals surface area contributed by atoms with Crippen LogP contribution in [0, 0.1) is 0 Å². The van der Waals surface area contributed by atoms with Gasteiger partial charge >= 0.3 is 0 Å². The number of pyridine rings is 2. The van der Waals surface area contributed by atoms with Gasteiger partial charge in [-0.15, -0.1) is 0 Å². The van der Waals surface area contributed by atoms with Gasteiger partial charge in [0.1, 0.15) is 35.7 Å². The van der Waals surface area contributed by atoms with Gasteiger partial charge in [-0.3, -0.25) is 9.44 Å². The number of rotatable bonds is 14. The van der Waals surface area contributed by atoms with Crippen molar-refractivity contribution in [1.29, 1.82) is 0 Å². The van der Waals surface area contributed by atoms with Crippen LogP contribution in [0.3, 0.4) is 0 Å². The lowest BCUT2D eigenvalue weighted by Gasteiger charge is -2.13. The summed E-state index contributed by atoms with van der Waals surface area (Å²) in [6.45, 7) is 3.31. The second-order valence-electron chi connectivity index (χ2n) is 14.4. The number of anilines is 6. The Morgan fingerprint density at radius 3 is 1.51 bits per heavy atom. The lowest BCUT2D eigenvalue weighted by Crippen LogP contribution is -2.18. The van der Waals surface area contributed by atoms with Gasteiger partial charge in [-0.2, -0.15) is 0 Å². The second kappa shape index (κ2) is 18.9. The third-order valence-corrected chi connectivity index (χ3v) is 13.2. The average Bonchev–Trinajstić information content (AvgIpc) is 4.17. The van der Waals surface area contributed by atoms with E-state index in [0.29, 0.717) is 45.8 Å². The molecule has 4 N–H and O–H groups in total. The highest BCUT2D eigenvalue weighted by Crippen LogP contribution is 2.36. The Hall–Kier alpha value is -7.12. The fraction of sp³-hybridized carbons (Fsp3) is 0.111. The molecule has 330 valence electrons. The summed E-state index contributed by atoms with van der Waals surface area (Å²) >= 11 is 12.2. The quantitative estimate of drug-likeness (QED) is 0.0799. The van der Waals surface area contributed by atoms with Gasteiger partial charge in [0, 0.05) is 61.1 Å². The number of sulfonamides is 2. The Morgan fingerprint density at radius 1 is 0.600 bits per heavy atom. The Kier molecular flexibility index (Phi) is 13.0. The van der Waals surface area contributed by atoms with Crippen LogP contribution in [0.4, 0.5) is 34.4 Å². The van der Waals surface area contributed by atoms with E-state index in [1.807, 2.05) is 66.7 Å². The van der Waals surface area contributed by atoms with Crippen molar-refractivity contribution in [3.05, 3.63) is 144 Å². The molecule has 0 radical (unpaired) electrons. The molecular formula is C45H38Cl2N10O6S2. The van der Waals surface area contributed by atoms with Gasteiger partial charge in [0.25, 0.3) is 10.0 Å². The molecule has 8 aromatic rings. The Balaban J connectivity index is 0.000000177. The van der Waals surface area contributed by atoms with Crippen molar-refractivity contribution >= 4 is 99.4 Å². The lowest BCUT2D eigenvalue weighted by atomic mass is 10.0. The molecule has 1 aliphatic rings. The zero-order valence-corrected chi connectivity index (χ0v) is 37.7. The highest BCUT2D eigenvalue weighted by molar-refractivity contribution is 7.95. The van der Waals surface area contributed by atoms with Crippen molar-refractivity contribution in [2.24, 2.45) is 0 Å². The highest BCUT2D eigenvalue weighted by Gasteiger charge is 2.36.